The first kappa shape index (κ1) is 22.2. The van der Waals surface area contributed by atoms with E-state index >= 15 is 0 Å². The molecule has 3 unspecified atom stereocenters. The van der Waals surface area contributed by atoms with E-state index in [1.54, 1.807) is 12.4 Å². The van der Waals surface area contributed by atoms with E-state index in [0.717, 1.165) is 53.0 Å². The fourth-order valence-corrected chi connectivity index (χ4v) is 5.52. The molecule has 0 radical (unpaired) electrons. The molecule has 1 aromatic carbocycles. The number of carbonyl (C=O) groups is 1. The average Bonchev–Trinajstić information content (AvgIpc) is 3.64. The van der Waals surface area contributed by atoms with E-state index in [-0.39, 0.29) is 11.8 Å². The Balaban J connectivity index is 1.21. The van der Waals surface area contributed by atoms with Crippen LogP contribution in [0.4, 0.5) is 5.82 Å². The molecule has 1 aliphatic carbocycles. The smallest absolute Gasteiger partial charge is 0.226 e. The van der Waals surface area contributed by atoms with Gasteiger partial charge in [0, 0.05) is 49.9 Å². The largest absolute Gasteiger partial charge is 0.366 e. The van der Waals surface area contributed by atoms with E-state index < -0.39 is 0 Å². The fourth-order valence-electron chi connectivity index (χ4n) is 5.18. The van der Waals surface area contributed by atoms with Crippen LogP contribution in [0, 0.1) is 5.92 Å². The Morgan fingerprint density at radius 2 is 2.03 bits per heavy atom. The Bertz CT molecular complexity index is 1340. The zero-order valence-electron chi connectivity index (χ0n) is 19.3. The van der Waals surface area contributed by atoms with Gasteiger partial charge in [0.25, 0.3) is 0 Å². The number of amides is 1. The molecule has 2 fully saturated rings. The number of aromatic nitrogens is 4. The third kappa shape index (κ3) is 4.55. The summed E-state index contributed by atoms with van der Waals surface area (Å²) in [6.45, 7) is 2.19. The number of fused-ring (bicyclic) bond motifs is 1. The molecule has 0 bridgehead atoms. The molecular weight excluding hydrogens is 504 g/mol. The molecule has 1 amide bonds. The van der Waals surface area contributed by atoms with Gasteiger partial charge >= 0.3 is 0 Å². The number of piperidine rings is 1. The van der Waals surface area contributed by atoms with Crippen molar-refractivity contribution in [2.45, 2.75) is 37.6 Å². The summed E-state index contributed by atoms with van der Waals surface area (Å²) in [6.07, 6.45) is 8.37. The highest BCUT2D eigenvalue weighted by Crippen LogP contribution is 2.49. The monoisotopic (exact) mass is 530 g/mol. The SMILES string of the molecule is O=C(C1CC1c1ccccc1)N1CCCC(c2cc(NCc3cccnc3)n3ncc(Br)c3n2)C1. The average molecular weight is 531 g/mol. The van der Waals surface area contributed by atoms with E-state index in [4.69, 9.17) is 4.98 Å². The first-order chi connectivity index (χ1) is 17.2. The summed E-state index contributed by atoms with van der Waals surface area (Å²) < 4.78 is 2.68. The standard InChI is InChI=1S/C27H27BrN6O/c28-23-16-31-34-25(30-15-18-6-4-10-29-14-18)13-24(32-26(23)34)20-9-5-11-33(17-20)27(35)22-12-21(22)19-7-2-1-3-8-19/h1-4,6-8,10,13-14,16,20-22,30H,5,9,11-12,15,17H2. The van der Waals surface area contributed by atoms with Crippen molar-refractivity contribution in [2.75, 3.05) is 18.4 Å². The maximum absolute atomic E-state index is 13.3. The minimum absolute atomic E-state index is 0.118. The molecular formula is C27H27BrN6O. The van der Waals surface area contributed by atoms with Gasteiger partial charge in [0.15, 0.2) is 5.65 Å². The second-order valence-electron chi connectivity index (χ2n) is 9.49. The Labute approximate surface area is 212 Å². The molecule has 4 aromatic rings. The lowest BCUT2D eigenvalue weighted by Crippen LogP contribution is -2.40. The number of halogens is 1. The van der Waals surface area contributed by atoms with Crippen LogP contribution in [-0.4, -0.2) is 43.5 Å². The van der Waals surface area contributed by atoms with Crippen molar-refractivity contribution in [1.29, 1.82) is 0 Å². The van der Waals surface area contributed by atoms with Crippen molar-refractivity contribution in [2.24, 2.45) is 5.92 Å². The summed E-state index contributed by atoms with van der Waals surface area (Å²) in [5.41, 5.74) is 4.16. The van der Waals surface area contributed by atoms with Gasteiger partial charge in [-0.3, -0.25) is 9.78 Å². The van der Waals surface area contributed by atoms with Gasteiger partial charge in [-0.05, 0) is 58.3 Å². The highest BCUT2D eigenvalue weighted by Gasteiger charge is 2.46. The van der Waals surface area contributed by atoms with Gasteiger partial charge in [0.05, 0.1) is 16.4 Å². The maximum atomic E-state index is 13.3. The molecule has 3 atom stereocenters. The number of hydrogen-bond donors (Lipinski definition) is 1. The zero-order chi connectivity index (χ0) is 23.8. The van der Waals surface area contributed by atoms with E-state index in [1.165, 1.54) is 5.56 Å². The number of benzene rings is 1. The summed E-state index contributed by atoms with van der Waals surface area (Å²) in [5, 5.41) is 8.00. The first-order valence-corrected chi connectivity index (χ1v) is 13.0. The van der Waals surface area contributed by atoms with Crippen LogP contribution in [0.1, 0.15) is 47.9 Å². The Morgan fingerprint density at radius 3 is 2.86 bits per heavy atom. The maximum Gasteiger partial charge on any atom is 0.226 e. The molecule has 1 aliphatic heterocycles. The van der Waals surface area contributed by atoms with Crippen LogP contribution in [0.15, 0.2) is 71.6 Å². The molecule has 35 heavy (non-hydrogen) atoms. The molecule has 1 N–H and O–H groups in total. The van der Waals surface area contributed by atoms with Crippen molar-refractivity contribution in [3.05, 3.63) is 88.4 Å². The van der Waals surface area contributed by atoms with Crippen LogP contribution in [0.5, 0.6) is 0 Å². The van der Waals surface area contributed by atoms with Crippen molar-refractivity contribution >= 4 is 33.3 Å². The van der Waals surface area contributed by atoms with Crippen LogP contribution >= 0.6 is 15.9 Å². The lowest BCUT2D eigenvalue weighted by molar-refractivity contribution is -0.133. The topological polar surface area (TPSA) is 75.4 Å². The number of carbonyl (C=O) groups excluding carboxylic acids is 1. The summed E-state index contributed by atoms with van der Waals surface area (Å²) in [6, 6.07) is 16.5. The molecule has 1 saturated heterocycles. The number of pyridine rings is 1. The molecule has 4 heterocycles. The van der Waals surface area contributed by atoms with E-state index in [1.807, 2.05) is 28.9 Å². The molecule has 178 valence electrons. The normalized spacial score (nSPS) is 21.7. The highest BCUT2D eigenvalue weighted by atomic mass is 79.9. The Morgan fingerprint density at radius 1 is 1.14 bits per heavy atom. The Hall–Kier alpha value is -3.26. The first-order valence-electron chi connectivity index (χ1n) is 12.2. The Kier molecular flexibility index (Phi) is 5.98. The van der Waals surface area contributed by atoms with Gasteiger partial charge in [-0.2, -0.15) is 9.61 Å². The minimum atomic E-state index is 0.118. The summed E-state index contributed by atoms with van der Waals surface area (Å²) in [7, 11) is 0. The molecule has 6 rings (SSSR count). The van der Waals surface area contributed by atoms with Gasteiger partial charge in [0.2, 0.25) is 5.91 Å². The van der Waals surface area contributed by atoms with Crippen LogP contribution in [0.2, 0.25) is 0 Å². The number of hydrogen-bond acceptors (Lipinski definition) is 5. The van der Waals surface area contributed by atoms with E-state index in [9.17, 15) is 4.79 Å². The number of nitrogens with one attached hydrogen (secondary N) is 1. The molecule has 7 nitrogen and oxygen atoms in total. The second-order valence-corrected chi connectivity index (χ2v) is 10.3. The molecule has 1 saturated carbocycles. The van der Waals surface area contributed by atoms with E-state index in [0.29, 0.717) is 24.9 Å². The molecule has 0 spiro atoms. The third-order valence-electron chi connectivity index (χ3n) is 7.13. The van der Waals surface area contributed by atoms with Gasteiger partial charge < -0.3 is 10.2 Å². The lowest BCUT2D eigenvalue weighted by Gasteiger charge is -2.33. The predicted octanol–water partition coefficient (Wildman–Crippen LogP) is 5.01. The lowest BCUT2D eigenvalue weighted by atomic mass is 9.94. The van der Waals surface area contributed by atoms with Crippen LogP contribution in [0.25, 0.3) is 5.65 Å². The summed E-state index contributed by atoms with van der Waals surface area (Å²) >= 11 is 3.60. The van der Waals surface area contributed by atoms with Crippen molar-refractivity contribution in [3.63, 3.8) is 0 Å². The van der Waals surface area contributed by atoms with Gasteiger partial charge in [-0.1, -0.05) is 36.4 Å². The number of nitrogens with zero attached hydrogens (tertiary/aromatic N) is 5. The molecule has 3 aromatic heterocycles. The predicted molar refractivity (Wildman–Crippen MR) is 138 cm³/mol. The third-order valence-corrected chi connectivity index (χ3v) is 7.69. The quantitative estimate of drug-likeness (QED) is 0.379. The summed E-state index contributed by atoms with van der Waals surface area (Å²) in [4.78, 5) is 24.6. The fraction of sp³-hybridized carbons (Fsp3) is 0.333. The van der Waals surface area contributed by atoms with Crippen molar-refractivity contribution in [1.82, 2.24) is 24.5 Å². The van der Waals surface area contributed by atoms with Crippen molar-refractivity contribution < 1.29 is 4.79 Å². The minimum Gasteiger partial charge on any atom is -0.366 e. The molecule has 8 heteroatoms. The molecule has 2 aliphatic rings. The van der Waals surface area contributed by atoms with Gasteiger partial charge in [-0.25, -0.2) is 4.98 Å². The van der Waals surface area contributed by atoms with Crippen LogP contribution < -0.4 is 5.32 Å². The second kappa shape index (κ2) is 9.41. The number of likely N-dealkylation sites (tertiary alicyclic amines) is 1. The van der Waals surface area contributed by atoms with Crippen molar-refractivity contribution in [3.8, 4) is 0 Å². The van der Waals surface area contributed by atoms with Crippen LogP contribution in [-0.2, 0) is 11.3 Å². The zero-order valence-corrected chi connectivity index (χ0v) is 20.9. The summed E-state index contributed by atoms with van der Waals surface area (Å²) in [5.74, 6) is 1.86. The van der Waals surface area contributed by atoms with Crippen LogP contribution in [0.3, 0.4) is 0 Å². The van der Waals surface area contributed by atoms with E-state index in [2.05, 4.69) is 66.6 Å². The number of rotatable bonds is 6. The van der Waals surface area contributed by atoms with Gasteiger partial charge in [-0.15, -0.1) is 0 Å². The van der Waals surface area contributed by atoms with Gasteiger partial charge in [0.1, 0.15) is 5.82 Å². The highest BCUT2D eigenvalue weighted by molar-refractivity contribution is 9.10. The number of anilines is 1.